The molecule has 0 aliphatic rings. The molecule has 1 aromatic rings. The van der Waals surface area contributed by atoms with Crippen LogP contribution in [0.1, 0.15) is 5.69 Å². The van der Waals surface area contributed by atoms with Gasteiger partial charge in [0.05, 0.1) is 0 Å². The molecule has 9 heavy (non-hydrogen) atoms. The zero-order valence-corrected chi connectivity index (χ0v) is 8.46. The predicted molar refractivity (Wildman–Crippen MR) is 42.1 cm³/mol. The van der Waals surface area contributed by atoms with Gasteiger partial charge >= 0.3 is 0 Å². The van der Waals surface area contributed by atoms with Crippen molar-refractivity contribution in [2.75, 3.05) is 0 Å². The van der Waals surface area contributed by atoms with Crippen LogP contribution in [-0.4, -0.2) is 34.5 Å². The minimum atomic E-state index is 0. The van der Waals surface area contributed by atoms with Crippen LogP contribution in [0.25, 0.3) is 0 Å². The van der Waals surface area contributed by atoms with Crippen LogP contribution in [-0.2, 0) is 0 Å². The summed E-state index contributed by atoms with van der Waals surface area (Å²) < 4.78 is 0.796. The Bertz CT molecular complexity index is 230. The molecule has 0 aliphatic heterocycles. The number of nitrogens with one attached hydrogen (secondary N) is 1. The number of aromatic nitrogens is 1. The first-order chi connectivity index (χ1) is 3.79. The zero-order valence-electron chi connectivity index (χ0n) is 5.64. The van der Waals surface area contributed by atoms with Crippen molar-refractivity contribution < 1.29 is 0 Å². The zero-order chi connectivity index (χ0) is 5.98. The van der Waals surface area contributed by atoms with E-state index in [2.05, 4.69) is 4.98 Å². The number of aromatic amines is 1. The van der Waals surface area contributed by atoms with Gasteiger partial charge in [0.1, 0.15) is 4.64 Å². The summed E-state index contributed by atoms with van der Waals surface area (Å²) in [7, 11) is 0. The average molecular weight is 148 g/mol. The van der Waals surface area contributed by atoms with Crippen molar-refractivity contribution in [1.82, 2.24) is 4.98 Å². The molecule has 0 unspecified atom stereocenters. The first-order valence-corrected chi connectivity index (χ1v) is 2.86. The molecular formula is C6H7NNaS. The second-order valence-electron chi connectivity index (χ2n) is 1.70. The van der Waals surface area contributed by atoms with E-state index in [0.29, 0.717) is 0 Å². The van der Waals surface area contributed by atoms with Gasteiger partial charge in [0.25, 0.3) is 0 Å². The second kappa shape index (κ2) is 4.23. The summed E-state index contributed by atoms with van der Waals surface area (Å²) in [5.41, 5.74) is 1.11. The fraction of sp³-hybridized carbons (Fsp3) is 0.167. The van der Waals surface area contributed by atoms with Gasteiger partial charge in [0.15, 0.2) is 0 Å². The van der Waals surface area contributed by atoms with E-state index in [0.717, 1.165) is 10.3 Å². The minimum absolute atomic E-state index is 0. The standard InChI is InChI=1S/C6H7NS.Na/c1-5-3-2-4-6(8)7-5;/h2-4H,1H3,(H,7,8);. The molecule has 1 N–H and O–H groups in total. The summed E-state index contributed by atoms with van der Waals surface area (Å²) in [4.78, 5) is 2.98. The summed E-state index contributed by atoms with van der Waals surface area (Å²) in [6, 6.07) is 5.78. The molecule has 0 saturated carbocycles. The molecule has 0 aromatic carbocycles. The van der Waals surface area contributed by atoms with E-state index in [4.69, 9.17) is 12.2 Å². The van der Waals surface area contributed by atoms with Crippen LogP contribution < -0.4 is 0 Å². The van der Waals surface area contributed by atoms with E-state index in [-0.39, 0.29) is 29.6 Å². The average Bonchev–Trinajstić information content (AvgIpc) is 1.64. The van der Waals surface area contributed by atoms with Crippen LogP contribution in [0.3, 0.4) is 0 Å². The predicted octanol–water partition coefficient (Wildman–Crippen LogP) is 1.67. The summed E-state index contributed by atoms with van der Waals surface area (Å²) in [6.07, 6.45) is 0. The van der Waals surface area contributed by atoms with Crippen LogP contribution in [0.2, 0.25) is 0 Å². The maximum atomic E-state index is 4.84. The normalized spacial score (nSPS) is 8.11. The molecule has 0 saturated heterocycles. The SMILES string of the molecule is Cc1cccc(=S)[nH]1.[Na]. The molecule has 1 rings (SSSR count). The Morgan fingerprint density at radius 3 is 2.44 bits per heavy atom. The second-order valence-corrected chi connectivity index (χ2v) is 2.14. The topological polar surface area (TPSA) is 15.8 Å². The van der Waals surface area contributed by atoms with Gasteiger partial charge in [-0.3, -0.25) is 0 Å². The first kappa shape index (κ1) is 9.37. The summed E-state index contributed by atoms with van der Waals surface area (Å²) in [5, 5.41) is 0. The van der Waals surface area contributed by atoms with Crippen molar-refractivity contribution in [3.8, 4) is 0 Å². The molecule has 0 bridgehead atoms. The smallest absolute Gasteiger partial charge is 0.103 e. The van der Waals surface area contributed by atoms with Gasteiger partial charge in [0, 0.05) is 35.3 Å². The molecule has 0 fully saturated rings. The Labute approximate surface area is 81.8 Å². The Morgan fingerprint density at radius 2 is 2.11 bits per heavy atom. The summed E-state index contributed by atoms with van der Waals surface area (Å²) in [6.45, 7) is 1.98. The van der Waals surface area contributed by atoms with Gasteiger partial charge in [-0.25, -0.2) is 0 Å². The third kappa shape index (κ3) is 3.16. The number of H-pyrrole nitrogens is 1. The molecule has 1 heterocycles. The van der Waals surface area contributed by atoms with E-state index in [1.54, 1.807) is 0 Å². The Balaban J connectivity index is 0.000000640. The summed E-state index contributed by atoms with van der Waals surface area (Å²) in [5.74, 6) is 0. The van der Waals surface area contributed by atoms with E-state index >= 15 is 0 Å². The Hall–Kier alpha value is 0.370. The molecule has 1 radical (unpaired) electrons. The van der Waals surface area contributed by atoms with Gasteiger partial charge in [-0.15, -0.1) is 0 Å². The Kier molecular flexibility index (Phi) is 4.40. The van der Waals surface area contributed by atoms with Crippen molar-refractivity contribution in [1.29, 1.82) is 0 Å². The van der Waals surface area contributed by atoms with E-state index in [1.807, 2.05) is 25.1 Å². The quantitative estimate of drug-likeness (QED) is 0.437. The summed E-state index contributed by atoms with van der Waals surface area (Å²) >= 11 is 4.84. The van der Waals surface area contributed by atoms with Gasteiger partial charge in [-0.2, -0.15) is 0 Å². The Morgan fingerprint density at radius 1 is 1.44 bits per heavy atom. The van der Waals surface area contributed by atoms with Crippen molar-refractivity contribution >= 4 is 41.8 Å². The maximum absolute atomic E-state index is 4.84. The van der Waals surface area contributed by atoms with Crippen LogP contribution in [0.5, 0.6) is 0 Å². The van der Waals surface area contributed by atoms with E-state index < -0.39 is 0 Å². The third-order valence-electron chi connectivity index (χ3n) is 0.914. The molecule has 0 aliphatic carbocycles. The van der Waals surface area contributed by atoms with E-state index in [9.17, 15) is 0 Å². The molecule has 3 heteroatoms. The fourth-order valence-electron chi connectivity index (χ4n) is 0.558. The van der Waals surface area contributed by atoms with Crippen LogP contribution in [0, 0.1) is 11.6 Å². The van der Waals surface area contributed by atoms with Crippen LogP contribution in [0.15, 0.2) is 18.2 Å². The molecular weight excluding hydrogens is 141 g/mol. The van der Waals surface area contributed by atoms with Gasteiger partial charge in [-0.1, -0.05) is 18.3 Å². The molecule has 0 spiro atoms. The largest absolute Gasteiger partial charge is 0.350 e. The molecule has 43 valence electrons. The fourth-order valence-corrected chi connectivity index (χ4v) is 0.797. The number of rotatable bonds is 0. The number of pyridine rings is 1. The molecule has 0 atom stereocenters. The van der Waals surface area contributed by atoms with Gasteiger partial charge in [0.2, 0.25) is 0 Å². The van der Waals surface area contributed by atoms with Crippen LogP contribution in [0.4, 0.5) is 0 Å². The molecule has 1 aromatic heterocycles. The van der Waals surface area contributed by atoms with Crippen molar-refractivity contribution in [2.45, 2.75) is 6.92 Å². The number of aryl methyl sites for hydroxylation is 1. The third-order valence-corrected chi connectivity index (χ3v) is 1.15. The van der Waals surface area contributed by atoms with Crippen molar-refractivity contribution in [2.24, 2.45) is 0 Å². The minimum Gasteiger partial charge on any atom is -0.350 e. The van der Waals surface area contributed by atoms with Crippen LogP contribution >= 0.6 is 12.2 Å². The van der Waals surface area contributed by atoms with Crippen molar-refractivity contribution in [3.05, 3.63) is 28.5 Å². The van der Waals surface area contributed by atoms with Gasteiger partial charge < -0.3 is 4.98 Å². The van der Waals surface area contributed by atoms with Gasteiger partial charge in [-0.05, 0) is 19.1 Å². The maximum Gasteiger partial charge on any atom is 0.103 e. The number of hydrogen-bond acceptors (Lipinski definition) is 1. The first-order valence-electron chi connectivity index (χ1n) is 2.45. The molecule has 0 amide bonds. The monoisotopic (exact) mass is 148 g/mol. The van der Waals surface area contributed by atoms with Crippen molar-refractivity contribution in [3.63, 3.8) is 0 Å². The van der Waals surface area contributed by atoms with E-state index in [1.165, 1.54) is 0 Å². The molecule has 1 nitrogen and oxygen atoms in total. The number of hydrogen-bond donors (Lipinski definition) is 1.